The molecule has 0 fully saturated rings. The first kappa shape index (κ1) is 16.4. The molecule has 1 aliphatic carbocycles. The van der Waals surface area contributed by atoms with Crippen molar-refractivity contribution in [3.8, 4) is 0 Å². The second kappa shape index (κ2) is 6.36. The Bertz CT molecular complexity index is 881. The molecular weight excluding hydrogens is 361 g/mol. The molecule has 0 radical (unpaired) electrons. The van der Waals surface area contributed by atoms with E-state index in [-0.39, 0.29) is 24.5 Å². The first-order valence-corrected chi connectivity index (χ1v) is 8.85. The van der Waals surface area contributed by atoms with Gasteiger partial charge in [0.25, 0.3) is 5.91 Å². The van der Waals surface area contributed by atoms with Crippen molar-refractivity contribution in [2.24, 2.45) is 0 Å². The molecule has 25 heavy (non-hydrogen) atoms. The predicted molar refractivity (Wildman–Crippen MR) is 95.1 cm³/mol. The van der Waals surface area contributed by atoms with Crippen LogP contribution >= 0.6 is 23.2 Å². The topological polar surface area (TPSA) is 55.4 Å². The summed E-state index contributed by atoms with van der Waals surface area (Å²) in [5.74, 6) is -1.02. The van der Waals surface area contributed by atoms with Crippen LogP contribution in [0.4, 0.5) is 0 Å². The summed E-state index contributed by atoms with van der Waals surface area (Å²) >= 11 is 12.3. The summed E-state index contributed by atoms with van der Waals surface area (Å²) in [6.45, 7) is 0.241. The van der Waals surface area contributed by atoms with E-state index >= 15 is 0 Å². The molecule has 128 valence electrons. The lowest BCUT2D eigenvalue weighted by molar-refractivity contribution is -0.151. The van der Waals surface area contributed by atoms with Crippen LogP contribution in [-0.4, -0.2) is 18.4 Å². The fourth-order valence-corrected chi connectivity index (χ4v) is 4.17. The minimum atomic E-state index is -0.507. The van der Waals surface area contributed by atoms with Gasteiger partial charge in [-0.15, -0.1) is 0 Å². The number of ether oxygens (including phenoxy) is 1. The molecule has 0 spiro atoms. The van der Waals surface area contributed by atoms with Crippen molar-refractivity contribution in [1.82, 2.24) is 5.32 Å². The molecule has 1 aliphatic heterocycles. The molecule has 2 unspecified atom stereocenters. The lowest BCUT2D eigenvalue weighted by Gasteiger charge is -2.25. The molecular formula is C19H15Cl2NO3. The zero-order chi connectivity index (χ0) is 17.6. The zero-order valence-electron chi connectivity index (χ0n) is 13.2. The predicted octanol–water partition coefficient (Wildman–Crippen LogP) is 4.05. The molecule has 0 saturated heterocycles. The van der Waals surface area contributed by atoms with E-state index in [9.17, 15) is 9.59 Å². The number of rotatable bonds is 2. The van der Waals surface area contributed by atoms with Crippen LogP contribution in [0.15, 0.2) is 36.4 Å². The van der Waals surface area contributed by atoms with Crippen molar-refractivity contribution in [3.05, 3.63) is 68.7 Å². The SMILES string of the molecule is O=C1NCC(C(=O)OC2CCc3c(Cl)cc(Cl)cc32)c2ccccc21. The van der Waals surface area contributed by atoms with Crippen LogP contribution in [0.3, 0.4) is 0 Å². The summed E-state index contributed by atoms with van der Waals surface area (Å²) in [6.07, 6.45) is 1.08. The van der Waals surface area contributed by atoms with E-state index in [2.05, 4.69) is 5.32 Å². The number of amides is 1. The van der Waals surface area contributed by atoms with Crippen LogP contribution in [-0.2, 0) is 16.0 Å². The molecule has 0 saturated carbocycles. The second-order valence-electron chi connectivity index (χ2n) is 6.27. The van der Waals surface area contributed by atoms with Gasteiger partial charge in [0.15, 0.2) is 0 Å². The van der Waals surface area contributed by atoms with Crippen LogP contribution in [0.2, 0.25) is 10.0 Å². The van der Waals surface area contributed by atoms with Gasteiger partial charge in [-0.1, -0.05) is 41.4 Å². The summed E-state index contributed by atoms with van der Waals surface area (Å²) in [5.41, 5.74) is 3.09. The van der Waals surface area contributed by atoms with E-state index in [0.29, 0.717) is 27.6 Å². The van der Waals surface area contributed by atoms with E-state index in [0.717, 1.165) is 17.5 Å². The van der Waals surface area contributed by atoms with Gasteiger partial charge >= 0.3 is 5.97 Å². The molecule has 0 bridgehead atoms. The fourth-order valence-electron chi connectivity index (χ4n) is 3.57. The van der Waals surface area contributed by atoms with Gasteiger partial charge in [0, 0.05) is 22.2 Å². The van der Waals surface area contributed by atoms with Gasteiger partial charge < -0.3 is 10.1 Å². The largest absolute Gasteiger partial charge is 0.457 e. The lowest BCUT2D eigenvalue weighted by atomic mass is 9.90. The molecule has 2 atom stereocenters. The molecule has 2 aromatic carbocycles. The maximum absolute atomic E-state index is 12.8. The van der Waals surface area contributed by atoms with E-state index in [1.54, 1.807) is 24.3 Å². The second-order valence-corrected chi connectivity index (χ2v) is 7.11. The van der Waals surface area contributed by atoms with Crippen LogP contribution in [0.25, 0.3) is 0 Å². The van der Waals surface area contributed by atoms with Crippen LogP contribution in [0, 0.1) is 0 Å². The minimum Gasteiger partial charge on any atom is -0.457 e. The quantitative estimate of drug-likeness (QED) is 0.805. The Balaban J connectivity index is 1.59. The molecule has 4 nitrogen and oxygen atoms in total. The summed E-state index contributed by atoms with van der Waals surface area (Å²) in [7, 11) is 0. The molecule has 1 amide bonds. The first-order valence-electron chi connectivity index (χ1n) is 8.10. The average molecular weight is 376 g/mol. The van der Waals surface area contributed by atoms with Gasteiger partial charge in [0.1, 0.15) is 6.10 Å². The zero-order valence-corrected chi connectivity index (χ0v) is 14.7. The highest BCUT2D eigenvalue weighted by Crippen LogP contribution is 2.40. The molecule has 2 aromatic rings. The number of benzene rings is 2. The number of carbonyl (C=O) groups excluding carboxylic acids is 2. The Morgan fingerprint density at radius 1 is 1.16 bits per heavy atom. The number of fused-ring (bicyclic) bond motifs is 2. The van der Waals surface area contributed by atoms with E-state index in [1.165, 1.54) is 0 Å². The van der Waals surface area contributed by atoms with Gasteiger partial charge in [-0.3, -0.25) is 9.59 Å². The number of halogens is 2. The molecule has 2 aliphatic rings. The van der Waals surface area contributed by atoms with Crippen molar-refractivity contribution in [2.75, 3.05) is 6.54 Å². The standard InChI is InChI=1S/C19H15Cl2NO3/c20-10-7-14-12(16(21)8-10)5-6-17(14)25-19(24)15-9-22-18(23)13-4-2-1-3-11(13)15/h1-4,7-8,15,17H,5-6,9H2,(H,22,23). The Morgan fingerprint density at radius 2 is 1.96 bits per heavy atom. The number of carbonyl (C=O) groups is 2. The van der Waals surface area contributed by atoms with E-state index in [1.807, 2.05) is 12.1 Å². The molecule has 4 rings (SSSR count). The maximum Gasteiger partial charge on any atom is 0.315 e. The van der Waals surface area contributed by atoms with Crippen molar-refractivity contribution < 1.29 is 14.3 Å². The van der Waals surface area contributed by atoms with Gasteiger partial charge in [0.2, 0.25) is 0 Å². The third-order valence-corrected chi connectivity index (χ3v) is 5.34. The molecule has 1 heterocycles. The minimum absolute atomic E-state index is 0.163. The smallest absolute Gasteiger partial charge is 0.315 e. The third-order valence-electron chi connectivity index (χ3n) is 4.79. The summed E-state index contributed by atoms with van der Waals surface area (Å²) in [4.78, 5) is 24.7. The maximum atomic E-state index is 12.8. The van der Waals surface area contributed by atoms with E-state index in [4.69, 9.17) is 27.9 Å². The highest BCUT2D eigenvalue weighted by atomic mass is 35.5. The van der Waals surface area contributed by atoms with Crippen molar-refractivity contribution in [1.29, 1.82) is 0 Å². The summed E-state index contributed by atoms with van der Waals surface area (Å²) < 4.78 is 5.77. The van der Waals surface area contributed by atoms with Gasteiger partial charge in [-0.25, -0.2) is 0 Å². The number of esters is 1. The monoisotopic (exact) mass is 375 g/mol. The Kier molecular flexibility index (Phi) is 4.18. The van der Waals surface area contributed by atoms with Crippen LogP contribution in [0.1, 0.15) is 45.5 Å². The van der Waals surface area contributed by atoms with Crippen LogP contribution in [0.5, 0.6) is 0 Å². The number of nitrogens with one attached hydrogen (secondary N) is 1. The number of hydrogen-bond acceptors (Lipinski definition) is 3. The Hall–Kier alpha value is -2.04. The highest BCUT2D eigenvalue weighted by molar-refractivity contribution is 6.35. The van der Waals surface area contributed by atoms with Gasteiger partial charge in [-0.2, -0.15) is 0 Å². The fraction of sp³-hybridized carbons (Fsp3) is 0.263. The Morgan fingerprint density at radius 3 is 2.80 bits per heavy atom. The first-order chi connectivity index (χ1) is 12.0. The normalized spacial score (nSPS) is 21.3. The Labute approximate surface area is 155 Å². The average Bonchev–Trinajstić information content (AvgIpc) is 2.98. The van der Waals surface area contributed by atoms with Crippen molar-refractivity contribution >= 4 is 35.1 Å². The van der Waals surface area contributed by atoms with Crippen molar-refractivity contribution in [2.45, 2.75) is 24.9 Å². The van der Waals surface area contributed by atoms with Crippen molar-refractivity contribution in [3.63, 3.8) is 0 Å². The molecule has 0 aromatic heterocycles. The number of hydrogen-bond donors (Lipinski definition) is 1. The molecule has 6 heteroatoms. The summed E-state index contributed by atoms with van der Waals surface area (Å²) in [6, 6.07) is 10.6. The van der Waals surface area contributed by atoms with E-state index < -0.39 is 5.92 Å². The highest BCUT2D eigenvalue weighted by Gasteiger charge is 2.35. The summed E-state index contributed by atoms with van der Waals surface area (Å²) in [5, 5.41) is 3.89. The third kappa shape index (κ3) is 2.90. The van der Waals surface area contributed by atoms with Gasteiger partial charge in [-0.05, 0) is 47.7 Å². The lowest BCUT2D eigenvalue weighted by Crippen LogP contribution is -2.38. The molecule has 1 N–H and O–H groups in total. The van der Waals surface area contributed by atoms with Gasteiger partial charge in [0.05, 0.1) is 5.92 Å². The van der Waals surface area contributed by atoms with Crippen LogP contribution < -0.4 is 5.32 Å².